The standard InChI is InChI=1S/C28H28F3N3O5S/c1-34(17-19-6-10-20(11-7-19)22-4-2-3-5-25(22)40(32,37)38)27(36)24-15-14-23(24)26(35)33-16-18-8-12-21(13-9-18)39-28(29,30)31/h2-13,23-24H,14-17H2,1H3,(H,33,35)(H2,32,37,38). The summed E-state index contributed by atoms with van der Waals surface area (Å²) in [5, 5.41) is 8.09. The molecule has 1 saturated carbocycles. The van der Waals surface area contributed by atoms with Crippen LogP contribution >= 0.6 is 0 Å². The van der Waals surface area contributed by atoms with Crippen molar-refractivity contribution in [3.8, 4) is 16.9 Å². The van der Waals surface area contributed by atoms with Crippen LogP contribution in [0, 0.1) is 11.8 Å². The fraction of sp³-hybridized carbons (Fsp3) is 0.286. The molecule has 12 heteroatoms. The van der Waals surface area contributed by atoms with Gasteiger partial charge in [0.05, 0.1) is 4.90 Å². The average molecular weight is 576 g/mol. The number of ether oxygens (including phenoxy) is 1. The zero-order valence-electron chi connectivity index (χ0n) is 21.5. The third kappa shape index (κ3) is 7.19. The zero-order valence-corrected chi connectivity index (χ0v) is 22.3. The van der Waals surface area contributed by atoms with Crippen LogP contribution in [0.3, 0.4) is 0 Å². The van der Waals surface area contributed by atoms with Gasteiger partial charge in [-0.3, -0.25) is 9.59 Å². The molecule has 2 unspecified atom stereocenters. The first kappa shape index (κ1) is 29.1. The van der Waals surface area contributed by atoms with Crippen LogP contribution in [0.2, 0.25) is 0 Å². The number of alkyl halides is 3. The molecule has 0 radical (unpaired) electrons. The van der Waals surface area contributed by atoms with Crippen LogP contribution in [-0.2, 0) is 32.7 Å². The number of amides is 2. The Labute approximate surface area is 230 Å². The highest BCUT2D eigenvalue weighted by Gasteiger charge is 2.42. The quantitative estimate of drug-likeness (QED) is 0.397. The molecule has 1 aliphatic rings. The van der Waals surface area contributed by atoms with Gasteiger partial charge in [0.25, 0.3) is 0 Å². The van der Waals surface area contributed by atoms with Crippen molar-refractivity contribution in [2.24, 2.45) is 17.0 Å². The van der Waals surface area contributed by atoms with Gasteiger partial charge in [-0.25, -0.2) is 13.6 Å². The summed E-state index contributed by atoms with van der Waals surface area (Å²) in [6.07, 6.45) is -3.64. The van der Waals surface area contributed by atoms with Crippen molar-refractivity contribution in [1.82, 2.24) is 10.2 Å². The minimum Gasteiger partial charge on any atom is -0.406 e. The molecular weight excluding hydrogens is 547 g/mol. The molecule has 3 aromatic rings. The monoisotopic (exact) mass is 575 g/mol. The van der Waals surface area contributed by atoms with E-state index < -0.39 is 28.2 Å². The van der Waals surface area contributed by atoms with Gasteiger partial charge in [0.1, 0.15) is 5.75 Å². The molecule has 0 aromatic heterocycles. The summed E-state index contributed by atoms with van der Waals surface area (Å²) in [5.74, 6) is -1.75. The highest BCUT2D eigenvalue weighted by Crippen LogP contribution is 2.36. The van der Waals surface area contributed by atoms with Gasteiger partial charge < -0.3 is 15.0 Å². The molecule has 8 nitrogen and oxygen atoms in total. The summed E-state index contributed by atoms with van der Waals surface area (Å²) >= 11 is 0. The second kappa shape index (κ2) is 11.7. The Balaban J connectivity index is 1.31. The van der Waals surface area contributed by atoms with Gasteiger partial charge in [-0.1, -0.05) is 54.6 Å². The molecule has 40 heavy (non-hydrogen) atoms. The Morgan fingerprint density at radius 3 is 2.12 bits per heavy atom. The highest BCUT2D eigenvalue weighted by atomic mass is 32.2. The highest BCUT2D eigenvalue weighted by molar-refractivity contribution is 7.89. The maximum absolute atomic E-state index is 13.1. The number of sulfonamides is 1. The van der Waals surface area contributed by atoms with Crippen molar-refractivity contribution >= 4 is 21.8 Å². The number of carbonyl (C=O) groups excluding carboxylic acids is 2. The van der Waals surface area contributed by atoms with Crippen molar-refractivity contribution in [3.05, 3.63) is 83.9 Å². The SMILES string of the molecule is CN(Cc1ccc(-c2ccccc2S(N)(=O)=O)cc1)C(=O)C1CCC1C(=O)NCc1ccc(OC(F)(F)F)cc1. The second-order valence-electron chi connectivity index (χ2n) is 9.63. The first-order valence-corrected chi connectivity index (χ1v) is 13.9. The van der Waals surface area contributed by atoms with Crippen molar-refractivity contribution in [1.29, 1.82) is 0 Å². The number of carbonyl (C=O) groups is 2. The Morgan fingerprint density at radius 1 is 0.950 bits per heavy atom. The molecule has 2 amide bonds. The number of nitrogens with zero attached hydrogens (tertiary/aromatic N) is 1. The van der Waals surface area contributed by atoms with Crippen molar-refractivity contribution in [2.45, 2.75) is 37.2 Å². The Hall–Kier alpha value is -3.90. The first-order valence-electron chi connectivity index (χ1n) is 12.4. The number of rotatable bonds is 9. The molecule has 1 fully saturated rings. The van der Waals surface area contributed by atoms with E-state index in [-0.39, 0.29) is 29.0 Å². The smallest absolute Gasteiger partial charge is 0.406 e. The zero-order chi connectivity index (χ0) is 29.1. The van der Waals surface area contributed by atoms with E-state index in [0.29, 0.717) is 36.1 Å². The third-order valence-electron chi connectivity index (χ3n) is 6.81. The molecule has 212 valence electrons. The Kier molecular flexibility index (Phi) is 8.50. The van der Waals surface area contributed by atoms with E-state index in [0.717, 1.165) is 5.56 Å². The van der Waals surface area contributed by atoms with Crippen LogP contribution in [-0.4, -0.2) is 38.5 Å². The van der Waals surface area contributed by atoms with Crippen molar-refractivity contribution in [2.75, 3.05) is 7.05 Å². The fourth-order valence-electron chi connectivity index (χ4n) is 4.62. The maximum atomic E-state index is 13.1. The lowest BCUT2D eigenvalue weighted by Gasteiger charge is -2.36. The van der Waals surface area contributed by atoms with Crippen LogP contribution in [0.1, 0.15) is 24.0 Å². The van der Waals surface area contributed by atoms with Gasteiger partial charge in [-0.05, 0) is 47.7 Å². The molecule has 0 bridgehead atoms. The number of primary sulfonamides is 1. The molecule has 1 aliphatic carbocycles. The van der Waals surface area contributed by atoms with E-state index in [4.69, 9.17) is 5.14 Å². The lowest BCUT2D eigenvalue weighted by Crippen LogP contribution is -2.47. The molecule has 3 N–H and O–H groups in total. The van der Waals surface area contributed by atoms with Gasteiger partial charge in [0, 0.05) is 37.5 Å². The minimum absolute atomic E-state index is 0.0248. The van der Waals surface area contributed by atoms with Crippen LogP contribution < -0.4 is 15.2 Å². The van der Waals surface area contributed by atoms with Gasteiger partial charge in [-0.2, -0.15) is 0 Å². The topological polar surface area (TPSA) is 119 Å². The average Bonchev–Trinajstić information content (AvgIpc) is 2.86. The Bertz CT molecular complexity index is 1480. The second-order valence-corrected chi connectivity index (χ2v) is 11.2. The first-order chi connectivity index (χ1) is 18.8. The van der Waals surface area contributed by atoms with E-state index >= 15 is 0 Å². The predicted octanol–water partition coefficient (Wildman–Crippen LogP) is 4.20. The summed E-state index contributed by atoms with van der Waals surface area (Å²) in [6.45, 7) is 0.409. The van der Waals surface area contributed by atoms with Crippen molar-refractivity contribution in [3.63, 3.8) is 0 Å². The van der Waals surface area contributed by atoms with E-state index in [1.807, 2.05) is 0 Å². The van der Waals surface area contributed by atoms with Gasteiger partial charge >= 0.3 is 6.36 Å². The summed E-state index contributed by atoms with van der Waals surface area (Å²) in [5.41, 5.74) is 2.57. The summed E-state index contributed by atoms with van der Waals surface area (Å²) in [7, 11) is -2.24. The number of nitrogens with one attached hydrogen (secondary N) is 1. The lowest BCUT2D eigenvalue weighted by atomic mass is 9.72. The van der Waals surface area contributed by atoms with Crippen molar-refractivity contribution < 1.29 is 35.9 Å². The van der Waals surface area contributed by atoms with Crippen LogP contribution in [0.4, 0.5) is 13.2 Å². The normalized spacial score (nSPS) is 17.0. The summed E-state index contributed by atoms with van der Waals surface area (Å²) < 4.78 is 64.6. The number of nitrogens with two attached hydrogens (primary N) is 1. The van der Waals surface area contributed by atoms with E-state index in [2.05, 4.69) is 10.1 Å². The molecule has 0 heterocycles. The molecule has 4 rings (SSSR count). The third-order valence-corrected chi connectivity index (χ3v) is 7.78. The number of hydrogen-bond donors (Lipinski definition) is 2. The molecular formula is C28H28F3N3O5S. The van der Waals surface area contributed by atoms with Gasteiger partial charge in [-0.15, -0.1) is 13.2 Å². The van der Waals surface area contributed by atoms with Gasteiger partial charge in [0.15, 0.2) is 0 Å². The van der Waals surface area contributed by atoms with Crippen LogP contribution in [0.15, 0.2) is 77.7 Å². The molecule has 3 aromatic carbocycles. The van der Waals surface area contributed by atoms with E-state index in [9.17, 15) is 31.2 Å². The molecule has 2 atom stereocenters. The fourth-order valence-corrected chi connectivity index (χ4v) is 5.38. The van der Waals surface area contributed by atoms with Crippen LogP contribution in [0.25, 0.3) is 11.1 Å². The molecule has 0 aliphatic heterocycles. The summed E-state index contributed by atoms with van der Waals surface area (Å²) in [6, 6.07) is 18.8. The molecule has 0 saturated heterocycles. The summed E-state index contributed by atoms with van der Waals surface area (Å²) in [4.78, 5) is 27.4. The van der Waals surface area contributed by atoms with Gasteiger partial charge in [0.2, 0.25) is 21.8 Å². The maximum Gasteiger partial charge on any atom is 0.573 e. The largest absolute Gasteiger partial charge is 0.573 e. The van der Waals surface area contributed by atoms with E-state index in [1.165, 1.54) is 30.3 Å². The lowest BCUT2D eigenvalue weighted by molar-refractivity contribution is -0.274. The molecule has 0 spiro atoms. The van der Waals surface area contributed by atoms with Crippen LogP contribution in [0.5, 0.6) is 5.75 Å². The number of hydrogen-bond acceptors (Lipinski definition) is 5. The minimum atomic E-state index is -4.78. The number of benzene rings is 3. The Morgan fingerprint density at radius 2 is 1.55 bits per heavy atom. The van der Waals surface area contributed by atoms with E-state index in [1.54, 1.807) is 54.4 Å². The predicted molar refractivity (Wildman–Crippen MR) is 141 cm³/mol. The number of halogens is 3.